The van der Waals surface area contributed by atoms with Gasteiger partial charge in [-0.05, 0) is 65.4 Å². The lowest BCUT2D eigenvalue weighted by Crippen LogP contribution is -1.96. The molecule has 0 aliphatic carbocycles. The van der Waals surface area contributed by atoms with E-state index in [0.29, 0.717) is 6.07 Å². The number of fused-ring (bicyclic) bond motifs is 1. The highest BCUT2D eigenvalue weighted by atomic mass is 19.2. The van der Waals surface area contributed by atoms with E-state index in [-0.39, 0.29) is 27.6 Å². The Morgan fingerprint density at radius 1 is 0.667 bits per heavy atom. The number of rotatable bonds is 3. The minimum Gasteiger partial charge on any atom is -0.206 e. The first-order valence-corrected chi connectivity index (χ1v) is 10.2. The van der Waals surface area contributed by atoms with Gasteiger partial charge in [0.2, 0.25) is 0 Å². The molecule has 0 nitrogen and oxygen atoms in total. The molecule has 0 saturated heterocycles. The zero-order valence-corrected chi connectivity index (χ0v) is 17.4. The SMILES string of the molecule is CCCc1ccc(C#Cc2ccc(-c3cc(F)c4c(F)c(F)c(F)cc4c3)c(F)c2)c(F)c1. The Morgan fingerprint density at radius 2 is 1.45 bits per heavy atom. The molecule has 0 amide bonds. The summed E-state index contributed by atoms with van der Waals surface area (Å²) in [5, 5.41) is -0.959. The Bertz CT molecular complexity index is 1440. The molecule has 0 aliphatic rings. The fourth-order valence-corrected chi connectivity index (χ4v) is 3.61. The van der Waals surface area contributed by atoms with Gasteiger partial charge in [-0.2, -0.15) is 0 Å². The van der Waals surface area contributed by atoms with Crippen molar-refractivity contribution < 1.29 is 26.3 Å². The standard InChI is InChI=1S/C27H16F6/c1-2-3-15-4-7-17(21(28)10-15)8-5-16-6-9-20(22(29)11-16)18-12-19-14-24(31)26(32)27(33)25(19)23(30)13-18/h4,6-7,9-14H,2-3H2,1H3. The Labute approximate surface area is 186 Å². The number of benzene rings is 4. The van der Waals surface area contributed by atoms with E-state index in [1.807, 2.05) is 6.92 Å². The van der Waals surface area contributed by atoms with Crippen LogP contribution < -0.4 is 0 Å². The van der Waals surface area contributed by atoms with E-state index >= 15 is 0 Å². The molecule has 6 heteroatoms. The lowest BCUT2D eigenvalue weighted by atomic mass is 9.98. The van der Waals surface area contributed by atoms with Gasteiger partial charge in [0.1, 0.15) is 17.5 Å². The average Bonchev–Trinajstić information content (AvgIpc) is 2.77. The second-order valence-corrected chi connectivity index (χ2v) is 7.55. The van der Waals surface area contributed by atoms with E-state index in [4.69, 9.17) is 0 Å². The van der Waals surface area contributed by atoms with Gasteiger partial charge in [-0.25, -0.2) is 26.3 Å². The van der Waals surface area contributed by atoms with Crippen LogP contribution in [-0.4, -0.2) is 0 Å². The van der Waals surface area contributed by atoms with Crippen molar-refractivity contribution in [3.8, 4) is 23.0 Å². The summed E-state index contributed by atoms with van der Waals surface area (Å²) in [4.78, 5) is 0. The number of halogens is 6. The van der Waals surface area contributed by atoms with Crippen LogP contribution in [0.2, 0.25) is 0 Å². The van der Waals surface area contributed by atoms with Crippen LogP contribution in [0.3, 0.4) is 0 Å². The highest BCUT2D eigenvalue weighted by Crippen LogP contribution is 2.32. The number of aryl methyl sites for hydroxylation is 1. The smallest absolute Gasteiger partial charge is 0.195 e. The Morgan fingerprint density at radius 3 is 2.15 bits per heavy atom. The molecule has 0 aromatic heterocycles. The molecule has 33 heavy (non-hydrogen) atoms. The molecule has 4 rings (SSSR count). The molecule has 0 fully saturated rings. The topological polar surface area (TPSA) is 0 Å². The first kappa shape index (κ1) is 22.5. The number of hydrogen-bond acceptors (Lipinski definition) is 0. The predicted octanol–water partition coefficient (Wildman–Crippen LogP) is 7.69. The van der Waals surface area contributed by atoms with Crippen molar-refractivity contribution in [1.29, 1.82) is 0 Å². The zero-order valence-electron chi connectivity index (χ0n) is 17.4. The van der Waals surface area contributed by atoms with Crippen molar-refractivity contribution in [2.75, 3.05) is 0 Å². The second kappa shape index (κ2) is 9.03. The predicted molar refractivity (Wildman–Crippen MR) is 116 cm³/mol. The van der Waals surface area contributed by atoms with Crippen LogP contribution >= 0.6 is 0 Å². The van der Waals surface area contributed by atoms with Crippen LogP contribution in [0, 0.1) is 46.7 Å². The first-order valence-electron chi connectivity index (χ1n) is 10.2. The molecule has 0 unspecified atom stereocenters. The fourth-order valence-electron chi connectivity index (χ4n) is 3.61. The summed E-state index contributed by atoms with van der Waals surface area (Å²) in [5.41, 5.74) is 1.27. The van der Waals surface area contributed by atoms with Gasteiger partial charge in [-0.1, -0.05) is 37.3 Å². The van der Waals surface area contributed by atoms with Crippen LogP contribution in [0.1, 0.15) is 30.0 Å². The zero-order chi connectivity index (χ0) is 23.7. The third-order valence-corrected chi connectivity index (χ3v) is 5.22. The first-order chi connectivity index (χ1) is 15.8. The lowest BCUT2D eigenvalue weighted by Gasteiger charge is -2.09. The molecule has 4 aromatic carbocycles. The molecule has 4 aromatic rings. The summed E-state index contributed by atoms with van der Waals surface area (Å²) in [7, 11) is 0. The van der Waals surface area contributed by atoms with E-state index in [9.17, 15) is 26.3 Å². The van der Waals surface area contributed by atoms with E-state index in [0.717, 1.165) is 30.5 Å². The molecule has 0 bridgehead atoms. The number of hydrogen-bond donors (Lipinski definition) is 0. The van der Waals surface area contributed by atoms with Gasteiger partial charge in [0.15, 0.2) is 17.5 Å². The van der Waals surface area contributed by atoms with Crippen molar-refractivity contribution in [1.82, 2.24) is 0 Å². The maximum Gasteiger partial charge on any atom is 0.195 e. The summed E-state index contributed by atoms with van der Waals surface area (Å²) in [6.07, 6.45) is 1.64. The molecule has 0 saturated carbocycles. The van der Waals surface area contributed by atoms with Crippen LogP contribution in [0.15, 0.2) is 54.6 Å². The van der Waals surface area contributed by atoms with Crippen molar-refractivity contribution in [2.45, 2.75) is 19.8 Å². The van der Waals surface area contributed by atoms with Gasteiger partial charge in [-0.15, -0.1) is 0 Å². The van der Waals surface area contributed by atoms with E-state index in [1.54, 1.807) is 12.1 Å². The molecule has 0 radical (unpaired) electrons. The van der Waals surface area contributed by atoms with E-state index in [2.05, 4.69) is 11.8 Å². The summed E-state index contributed by atoms with van der Waals surface area (Å²) >= 11 is 0. The Hall–Kier alpha value is -3.72. The van der Waals surface area contributed by atoms with Gasteiger partial charge >= 0.3 is 0 Å². The maximum absolute atomic E-state index is 14.8. The van der Waals surface area contributed by atoms with Gasteiger partial charge in [0.05, 0.1) is 10.9 Å². The van der Waals surface area contributed by atoms with E-state index in [1.165, 1.54) is 24.3 Å². The van der Waals surface area contributed by atoms with Crippen molar-refractivity contribution in [2.24, 2.45) is 0 Å². The van der Waals surface area contributed by atoms with Crippen LogP contribution in [0.25, 0.3) is 21.9 Å². The lowest BCUT2D eigenvalue weighted by molar-refractivity contribution is 0.451. The quantitative estimate of drug-likeness (QED) is 0.169. The Kier molecular flexibility index (Phi) is 6.15. The molecular weight excluding hydrogens is 438 g/mol. The van der Waals surface area contributed by atoms with Crippen molar-refractivity contribution in [3.05, 3.63) is 106 Å². The minimum absolute atomic E-state index is 0.0139. The summed E-state index contributed by atoms with van der Waals surface area (Å²) in [6.45, 7) is 1.99. The van der Waals surface area contributed by atoms with Gasteiger partial charge in [0, 0.05) is 11.1 Å². The third kappa shape index (κ3) is 4.45. The largest absolute Gasteiger partial charge is 0.206 e. The van der Waals surface area contributed by atoms with E-state index < -0.39 is 40.3 Å². The molecule has 0 spiro atoms. The van der Waals surface area contributed by atoms with Gasteiger partial charge in [-0.3, -0.25) is 0 Å². The summed E-state index contributed by atoms with van der Waals surface area (Å²) in [6, 6.07) is 11.3. The van der Waals surface area contributed by atoms with Crippen LogP contribution in [-0.2, 0) is 6.42 Å². The molecule has 0 N–H and O–H groups in total. The Balaban J connectivity index is 1.69. The van der Waals surface area contributed by atoms with Crippen molar-refractivity contribution in [3.63, 3.8) is 0 Å². The van der Waals surface area contributed by atoms with Crippen LogP contribution in [0.5, 0.6) is 0 Å². The van der Waals surface area contributed by atoms with Gasteiger partial charge < -0.3 is 0 Å². The molecule has 0 aliphatic heterocycles. The van der Waals surface area contributed by atoms with Crippen LogP contribution in [0.4, 0.5) is 26.3 Å². The molecule has 0 atom stereocenters. The summed E-state index contributed by atoms with van der Waals surface area (Å²) < 4.78 is 84.3. The molecular formula is C27H16F6. The van der Waals surface area contributed by atoms with Crippen molar-refractivity contribution >= 4 is 10.8 Å². The summed E-state index contributed by atoms with van der Waals surface area (Å²) in [5.74, 6) is -1.92. The minimum atomic E-state index is -1.78. The monoisotopic (exact) mass is 454 g/mol. The highest BCUT2D eigenvalue weighted by Gasteiger charge is 2.18. The third-order valence-electron chi connectivity index (χ3n) is 5.22. The molecule has 0 heterocycles. The fraction of sp³-hybridized carbons (Fsp3) is 0.111. The second-order valence-electron chi connectivity index (χ2n) is 7.55. The average molecular weight is 454 g/mol. The highest BCUT2D eigenvalue weighted by molar-refractivity contribution is 5.88. The maximum atomic E-state index is 14.8. The molecule has 166 valence electrons. The van der Waals surface area contributed by atoms with Gasteiger partial charge in [0.25, 0.3) is 0 Å². The normalized spacial score (nSPS) is 10.9.